The van der Waals surface area contributed by atoms with Gasteiger partial charge in [0, 0.05) is 11.8 Å². The minimum absolute atomic E-state index is 0.0370. The summed E-state index contributed by atoms with van der Waals surface area (Å²) in [6.45, 7) is 1.78. The van der Waals surface area contributed by atoms with Gasteiger partial charge in [0.1, 0.15) is 6.07 Å². The summed E-state index contributed by atoms with van der Waals surface area (Å²) in [5.74, 6) is -0.629. The molecule has 0 aliphatic carbocycles. The van der Waals surface area contributed by atoms with Crippen LogP contribution in [0.1, 0.15) is 30.2 Å². The summed E-state index contributed by atoms with van der Waals surface area (Å²) >= 11 is 3.01. The molecule has 0 unspecified atom stereocenters. The molecular weight excluding hydrogens is 310 g/mol. The lowest BCUT2D eigenvalue weighted by Crippen LogP contribution is -2.11. The lowest BCUT2D eigenvalue weighted by Gasteiger charge is -2.11. The maximum atomic E-state index is 12.8. The number of nitrogens with zero attached hydrogens (tertiary/aromatic N) is 2. The largest absolute Gasteiger partial charge is 0.466 e. The van der Waals surface area contributed by atoms with Crippen LogP contribution >= 0.6 is 15.9 Å². The van der Waals surface area contributed by atoms with Crippen molar-refractivity contribution < 1.29 is 18.3 Å². The number of halogens is 3. The van der Waals surface area contributed by atoms with E-state index in [1.165, 1.54) is 0 Å². The van der Waals surface area contributed by atoms with Gasteiger partial charge >= 0.3 is 5.97 Å². The second kappa shape index (κ2) is 6.40. The predicted octanol–water partition coefficient (Wildman–Crippen LogP) is 2.76. The molecule has 0 aromatic carbocycles. The molecule has 0 N–H and O–H groups in total. The van der Waals surface area contributed by atoms with Crippen LogP contribution in [0.15, 0.2) is 10.7 Å². The predicted molar refractivity (Wildman–Crippen MR) is 61.9 cm³/mol. The molecule has 18 heavy (non-hydrogen) atoms. The third kappa shape index (κ3) is 3.23. The number of nitriles is 1. The highest BCUT2D eigenvalue weighted by molar-refractivity contribution is 9.10. The van der Waals surface area contributed by atoms with Crippen molar-refractivity contribution in [2.75, 3.05) is 6.61 Å². The zero-order valence-electron chi connectivity index (χ0n) is 9.41. The van der Waals surface area contributed by atoms with Crippen LogP contribution in [0, 0.1) is 11.3 Å². The number of ether oxygens (including phenoxy) is 1. The molecule has 7 heteroatoms. The van der Waals surface area contributed by atoms with E-state index in [4.69, 9.17) is 10.00 Å². The molecule has 0 radical (unpaired) electrons. The first-order valence-electron chi connectivity index (χ1n) is 5.02. The van der Waals surface area contributed by atoms with Gasteiger partial charge in [-0.2, -0.15) is 5.26 Å². The van der Waals surface area contributed by atoms with Gasteiger partial charge in [0.15, 0.2) is 5.69 Å². The van der Waals surface area contributed by atoms with Crippen LogP contribution in [0.25, 0.3) is 0 Å². The topological polar surface area (TPSA) is 63.0 Å². The second-order valence-corrected chi connectivity index (χ2v) is 4.04. The Morgan fingerprint density at radius 3 is 2.83 bits per heavy atom. The maximum Gasteiger partial charge on any atom is 0.310 e. The number of carbonyl (C=O) groups is 1. The van der Waals surface area contributed by atoms with Crippen molar-refractivity contribution in [3.63, 3.8) is 0 Å². The van der Waals surface area contributed by atoms with Crippen molar-refractivity contribution in [1.29, 1.82) is 5.26 Å². The first kappa shape index (κ1) is 14.5. The van der Waals surface area contributed by atoms with Crippen LogP contribution < -0.4 is 0 Å². The summed E-state index contributed by atoms with van der Waals surface area (Å²) in [6, 6.07) is 1.75. The van der Waals surface area contributed by atoms with Crippen LogP contribution in [0.3, 0.4) is 0 Å². The van der Waals surface area contributed by atoms with Crippen molar-refractivity contribution in [1.82, 2.24) is 4.98 Å². The lowest BCUT2D eigenvalue weighted by atomic mass is 10.1. The smallest absolute Gasteiger partial charge is 0.310 e. The number of hydrogen-bond donors (Lipinski definition) is 0. The van der Waals surface area contributed by atoms with Gasteiger partial charge in [0.25, 0.3) is 6.43 Å². The van der Waals surface area contributed by atoms with E-state index < -0.39 is 12.4 Å². The van der Waals surface area contributed by atoms with E-state index in [9.17, 15) is 13.6 Å². The quantitative estimate of drug-likeness (QED) is 0.801. The molecule has 0 fully saturated rings. The Morgan fingerprint density at radius 1 is 1.67 bits per heavy atom. The normalized spacial score (nSPS) is 10.2. The van der Waals surface area contributed by atoms with Gasteiger partial charge in [-0.1, -0.05) is 0 Å². The van der Waals surface area contributed by atoms with Crippen molar-refractivity contribution in [2.45, 2.75) is 19.8 Å². The molecule has 96 valence electrons. The van der Waals surface area contributed by atoms with E-state index in [2.05, 4.69) is 20.9 Å². The number of carbonyl (C=O) groups excluding carboxylic acids is 1. The average molecular weight is 319 g/mol. The van der Waals surface area contributed by atoms with Gasteiger partial charge in [0.2, 0.25) is 0 Å². The summed E-state index contributed by atoms with van der Waals surface area (Å²) in [4.78, 5) is 14.9. The van der Waals surface area contributed by atoms with E-state index in [1.807, 2.05) is 0 Å². The highest BCUT2D eigenvalue weighted by atomic mass is 79.9. The van der Waals surface area contributed by atoms with Gasteiger partial charge in [0.05, 0.1) is 17.5 Å². The molecule has 0 aliphatic heterocycles. The fourth-order valence-electron chi connectivity index (χ4n) is 1.34. The minimum Gasteiger partial charge on any atom is -0.466 e. The Hall–Kier alpha value is -1.55. The van der Waals surface area contributed by atoms with Crippen LogP contribution in [-0.2, 0) is 16.0 Å². The van der Waals surface area contributed by atoms with Gasteiger partial charge in [-0.15, -0.1) is 0 Å². The summed E-state index contributed by atoms with van der Waals surface area (Å²) in [5.41, 5.74) is -0.386. The summed E-state index contributed by atoms with van der Waals surface area (Å²) in [6.07, 6.45) is -2.20. The Kier molecular flexibility index (Phi) is 5.16. The standard InChI is InChI=1S/C11H9BrF2N2O2/c1-2-18-9(17)3-6-7(11(13)14)5-16-8(4-15)10(6)12/h5,11H,2-3H2,1H3. The maximum absolute atomic E-state index is 12.8. The number of pyridine rings is 1. The van der Waals surface area contributed by atoms with Gasteiger partial charge in [-0.05, 0) is 28.4 Å². The first-order valence-corrected chi connectivity index (χ1v) is 5.81. The third-order valence-corrected chi connectivity index (χ3v) is 2.98. The van der Waals surface area contributed by atoms with Crippen LogP contribution in [-0.4, -0.2) is 17.6 Å². The molecule has 1 aromatic rings. The van der Waals surface area contributed by atoms with Gasteiger partial charge < -0.3 is 4.74 Å². The zero-order valence-corrected chi connectivity index (χ0v) is 11.0. The highest BCUT2D eigenvalue weighted by Gasteiger charge is 2.21. The molecule has 0 spiro atoms. The Labute approximate surface area is 111 Å². The molecule has 0 saturated heterocycles. The number of aromatic nitrogens is 1. The molecule has 0 atom stereocenters. The Bertz CT molecular complexity index is 501. The minimum atomic E-state index is -2.77. The van der Waals surface area contributed by atoms with Gasteiger partial charge in [-0.25, -0.2) is 13.8 Å². The molecule has 0 bridgehead atoms. The number of rotatable bonds is 4. The van der Waals surface area contributed by atoms with Crippen LogP contribution in [0.2, 0.25) is 0 Å². The van der Waals surface area contributed by atoms with E-state index >= 15 is 0 Å². The molecule has 0 saturated carbocycles. The Balaban J connectivity index is 3.20. The van der Waals surface area contributed by atoms with Crippen molar-refractivity contribution in [2.24, 2.45) is 0 Å². The fraction of sp³-hybridized carbons (Fsp3) is 0.364. The van der Waals surface area contributed by atoms with E-state index in [0.717, 1.165) is 6.20 Å². The first-order chi connectivity index (χ1) is 8.51. The molecule has 4 nitrogen and oxygen atoms in total. The molecule has 1 rings (SSSR count). The molecule has 1 heterocycles. The van der Waals surface area contributed by atoms with E-state index in [1.54, 1.807) is 13.0 Å². The van der Waals surface area contributed by atoms with Crippen LogP contribution in [0.4, 0.5) is 8.78 Å². The monoisotopic (exact) mass is 318 g/mol. The fourth-order valence-corrected chi connectivity index (χ4v) is 1.90. The molecule has 0 amide bonds. The zero-order chi connectivity index (χ0) is 13.7. The summed E-state index contributed by atoms with van der Waals surface area (Å²) in [5, 5.41) is 8.76. The molecule has 0 aliphatic rings. The van der Waals surface area contributed by atoms with Crippen molar-refractivity contribution >= 4 is 21.9 Å². The number of alkyl halides is 2. The van der Waals surface area contributed by atoms with E-state index in [-0.39, 0.29) is 34.3 Å². The third-order valence-electron chi connectivity index (χ3n) is 2.12. The number of hydrogen-bond acceptors (Lipinski definition) is 4. The number of esters is 1. The van der Waals surface area contributed by atoms with Crippen molar-refractivity contribution in [3.05, 3.63) is 27.5 Å². The molecule has 1 aromatic heterocycles. The summed E-state index contributed by atoms with van der Waals surface area (Å²) < 4.78 is 30.4. The molecular formula is C11H9BrF2N2O2. The van der Waals surface area contributed by atoms with Gasteiger partial charge in [-0.3, -0.25) is 4.79 Å². The highest BCUT2D eigenvalue weighted by Crippen LogP contribution is 2.30. The van der Waals surface area contributed by atoms with E-state index in [0.29, 0.717) is 0 Å². The Morgan fingerprint density at radius 2 is 2.33 bits per heavy atom. The lowest BCUT2D eigenvalue weighted by molar-refractivity contribution is -0.142. The average Bonchev–Trinajstić information content (AvgIpc) is 2.31. The second-order valence-electron chi connectivity index (χ2n) is 3.25. The van der Waals surface area contributed by atoms with Crippen molar-refractivity contribution in [3.8, 4) is 6.07 Å². The van der Waals surface area contributed by atoms with Crippen LogP contribution in [0.5, 0.6) is 0 Å². The summed E-state index contributed by atoms with van der Waals surface area (Å²) in [7, 11) is 0. The SMILES string of the molecule is CCOC(=O)Cc1c(C(F)F)cnc(C#N)c1Br.